The summed E-state index contributed by atoms with van der Waals surface area (Å²) < 4.78 is 29.2. The van der Waals surface area contributed by atoms with Gasteiger partial charge in [0.1, 0.15) is 11.6 Å². The van der Waals surface area contributed by atoms with Crippen molar-refractivity contribution in [1.29, 1.82) is 0 Å². The normalized spacial score (nSPS) is 18.7. The molecule has 3 heteroatoms. The lowest BCUT2D eigenvalue weighted by atomic mass is 9.77. The van der Waals surface area contributed by atoms with E-state index in [2.05, 4.69) is 20.8 Å². The Morgan fingerprint density at radius 2 is 1.42 bits per heavy atom. The minimum atomic E-state index is -0.673. The van der Waals surface area contributed by atoms with Crippen LogP contribution >= 0.6 is 0 Å². The summed E-state index contributed by atoms with van der Waals surface area (Å²) in [6.45, 7) is 6.69. The third kappa shape index (κ3) is 9.87. The van der Waals surface area contributed by atoms with Gasteiger partial charge in [-0.3, -0.25) is 4.79 Å². The summed E-state index contributed by atoms with van der Waals surface area (Å²) in [5, 5.41) is 0. The molecule has 0 bridgehead atoms. The van der Waals surface area contributed by atoms with E-state index >= 15 is 0 Å². The number of halogens is 2. The summed E-state index contributed by atoms with van der Waals surface area (Å²) >= 11 is 0. The Morgan fingerprint density at radius 1 is 0.818 bits per heavy atom. The topological polar surface area (TPSA) is 17.1 Å². The van der Waals surface area contributed by atoms with E-state index in [0.29, 0.717) is 17.9 Å². The van der Waals surface area contributed by atoms with Crippen LogP contribution in [-0.4, -0.2) is 5.78 Å². The van der Waals surface area contributed by atoms with Crippen molar-refractivity contribution in [2.24, 2.45) is 17.8 Å². The van der Waals surface area contributed by atoms with Gasteiger partial charge < -0.3 is 0 Å². The summed E-state index contributed by atoms with van der Waals surface area (Å²) in [6.07, 6.45) is 18.9. The van der Waals surface area contributed by atoms with E-state index in [4.69, 9.17) is 0 Å². The molecule has 1 aliphatic carbocycles. The van der Waals surface area contributed by atoms with Crippen LogP contribution in [0.25, 0.3) is 0 Å². The first kappa shape index (κ1) is 28.0. The first-order valence-electron chi connectivity index (χ1n) is 14.0. The van der Waals surface area contributed by atoms with E-state index in [1.807, 2.05) is 0 Å². The lowest BCUT2D eigenvalue weighted by molar-refractivity contribution is 0.0971. The molecule has 0 saturated heterocycles. The summed E-state index contributed by atoms with van der Waals surface area (Å²) in [4.78, 5) is 12.3. The van der Waals surface area contributed by atoms with Gasteiger partial charge in [0.05, 0.1) is 5.56 Å². The highest BCUT2D eigenvalue weighted by atomic mass is 19.1. The van der Waals surface area contributed by atoms with Crippen molar-refractivity contribution in [1.82, 2.24) is 0 Å². The Bertz CT molecular complexity index is 662. The second kappa shape index (κ2) is 15.6. The van der Waals surface area contributed by atoms with E-state index in [0.717, 1.165) is 50.4 Å². The van der Waals surface area contributed by atoms with Crippen molar-refractivity contribution >= 4 is 5.78 Å². The number of ketones is 1. The monoisotopic (exact) mass is 462 g/mol. The molecule has 33 heavy (non-hydrogen) atoms. The molecular formula is C30H48F2O. The van der Waals surface area contributed by atoms with Gasteiger partial charge in [-0.15, -0.1) is 0 Å². The van der Waals surface area contributed by atoms with Crippen LogP contribution in [0.4, 0.5) is 8.78 Å². The van der Waals surface area contributed by atoms with Crippen LogP contribution in [0.15, 0.2) is 12.1 Å². The van der Waals surface area contributed by atoms with Gasteiger partial charge in [0, 0.05) is 6.42 Å². The molecule has 0 unspecified atom stereocenters. The summed E-state index contributed by atoms with van der Waals surface area (Å²) in [5.41, 5.74) is 0.376. The number of hydrogen-bond acceptors (Lipinski definition) is 1. The molecule has 1 aromatic rings. The lowest BCUT2D eigenvalue weighted by Gasteiger charge is -2.29. The zero-order chi connectivity index (χ0) is 24.1. The Kier molecular flexibility index (Phi) is 13.2. The Balaban J connectivity index is 1.77. The van der Waals surface area contributed by atoms with Crippen LogP contribution in [0.3, 0.4) is 0 Å². The second-order valence-corrected chi connectivity index (χ2v) is 10.6. The Labute approximate surface area is 202 Å². The standard InChI is InChI=1S/C30H48F2O/c1-4-7-8-9-15-29(33)30-27(31)21-26(22-28(30)32)20-25-18-16-24(17-19-25)14-10-13-23(11-5-2)12-6-3/h21-25H,4-20H2,1-3H3. The van der Waals surface area contributed by atoms with Crippen LogP contribution in [0.2, 0.25) is 0 Å². The summed E-state index contributed by atoms with van der Waals surface area (Å²) in [6, 6.07) is 2.83. The van der Waals surface area contributed by atoms with Crippen LogP contribution < -0.4 is 0 Å². The fraction of sp³-hybridized carbons (Fsp3) is 0.767. The molecule has 0 spiro atoms. The number of Topliss-reactive ketones (excluding diaryl/α,β-unsaturated/α-hetero) is 1. The molecular weight excluding hydrogens is 414 g/mol. The number of unbranched alkanes of at least 4 members (excludes halogenated alkanes) is 3. The molecule has 188 valence electrons. The minimum absolute atomic E-state index is 0.231. The zero-order valence-corrected chi connectivity index (χ0v) is 21.6. The van der Waals surface area contributed by atoms with Gasteiger partial charge in [-0.2, -0.15) is 0 Å². The van der Waals surface area contributed by atoms with E-state index in [9.17, 15) is 13.6 Å². The minimum Gasteiger partial charge on any atom is -0.294 e. The predicted molar refractivity (Wildman–Crippen MR) is 136 cm³/mol. The molecule has 0 aromatic heterocycles. The summed E-state index contributed by atoms with van der Waals surface area (Å²) in [7, 11) is 0. The average molecular weight is 463 g/mol. The summed E-state index contributed by atoms with van der Waals surface area (Å²) in [5.74, 6) is 0.497. The van der Waals surface area contributed by atoms with Crippen molar-refractivity contribution in [2.45, 2.75) is 130 Å². The van der Waals surface area contributed by atoms with Crippen molar-refractivity contribution in [2.75, 3.05) is 0 Å². The van der Waals surface area contributed by atoms with E-state index < -0.39 is 17.4 Å². The first-order valence-corrected chi connectivity index (χ1v) is 14.0. The first-order chi connectivity index (χ1) is 16.0. The van der Waals surface area contributed by atoms with Gasteiger partial charge in [0.2, 0.25) is 0 Å². The Morgan fingerprint density at radius 3 is 2.00 bits per heavy atom. The van der Waals surface area contributed by atoms with Crippen molar-refractivity contribution in [3.05, 3.63) is 34.9 Å². The Hall–Kier alpha value is -1.25. The van der Waals surface area contributed by atoms with Gasteiger partial charge in [-0.1, -0.05) is 97.8 Å². The number of carbonyl (C=O) groups excluding carboxylic acids is 1. The molecule has 0 N–H and O–H groups in total. The van der Waals surface area contributed by atoms with Crippen LogP contribution in [0, 0.1) is 29.4 Å². The maximum Gasteiger partial charge on any atom is 0.168 e. The smallest absolute Gasteiger partial charge is 0.168 e. The highest BCUT2D eigenvalue weighted by Gasteiger charge is 2.23. The number of rotatable bonds is 16. The third-order valence-electron chi connectivity index (χ3n) is 7.75. The second-order valence-electron chi connectivity index (χ2n) is 10.6. The number of benzene rings is 1. The van der Waals surface area contributed by atoms with E-state index in [1.165, 1.54) is 69.9 Å². The van der Waals surface area contributed by atoms with Gasteiger partial charge in [0.15, 0.2) is 5.78 Å². The molecule has 0 atom stereocenters. The van der Waals surface area contributed by atoms with Crippen molar-refractivity contribution in [3.8, 4) is 0 Å². The van der Waals surface area contributed by atoms with E-state index in [1.54, 1.807) is 0 Å². The van der Waals surface area contributed by atoms with Crippen LogP contribution in [0.1, 0.15) is 139 Å². The predicted octanol–water partition coefficient (Wildman–Crippen LogP) is 9.85. The van der Waals surface area contributed by atoms with Crippen molar-refractivity contribution < 1.29 is 13.6 Å². The molecule has 0 radical (unpaired) electrons. The quantitative estimate of drug-likeness (QED) is 0.176. The molecule has 0 aliphatic heterocycles. The average Bonchev–Trinajstić information content (AvgIpc) is 2.78. The fourth-order valence-electron chi connectivity index (χ4n) is 5.85. The largest absolute Gasteiger partial charge is 0.294 e. The highest BCUT2D eigenvalue weighted by Crippen LogP contribution is 2.35. The van der Waals surface area contributed by atoms with Crippen LogP contribution in [0.5, 0.6) is 0 Å². The number of hydrogen-bond donors (Lipinski definition) is 0. The molecule has 1 aromatic carbocycles. The zero-order valence-electron chi connectivity index (χ0n) is 21.6. The molecule has 1 nitrogen and oxygen atoms in total. The maximum atomic E-state index is 14.6. The fourth-order valence-corrected chi connectivity index (χ4v) is 5.85. The molecule has 2 rings (SSSR count). The maximum absolute atomic E-state index is 14.6. The van der Waals surface area contributed by atoms with E-state index in [-0.39, 0.29) is 12.0 Å². The van der Waals surface area contributed by atoms with Gasteiger partial charge in [0.25, 0.3) is 0 Å². The number of carbonyl (C=O) groups is 1. The van der Waals surface area contributed by atoms with Gasteiger partial charge in [-0.25, -0.2) is 8.78 Å². The third-order valence-corrected chi connectivity index (χ3v) is 7.75. The molecule has 1 saturated carbocycles. The highest BCUT2D eigenvalue weighted by molar-refractivity contribution is 5.96. The van der Waals surface area contributed by atoms with Gasteiger partial charge >= 0.3 is 0 Å². The molecule has 0 amide bonds. The molecule has 1 aliphatic rings. The molecule has 0 heterocycles. The SMILES string of the molecule is CCCCCCC(=O)c1c(F)cc(CC2CCC(CCCC(CCC)CCC)CC2)cc1F. The lowest BCUT2D eigenvalue weighted by Crippen LogP contribution is -2.17. The van der Waals surface area contributed by atoms with Gasteiger partial charge in [-0.05, 0) is 61.1 Å². The van der Waals surface area contributed by atoms with Crippen molar-refractivity contribution in [3.63, 3.8) is 0 Å². The molecule has 1 fully saturated rings. The van der Waals surface area contributed by atoms with Crippen LogP contribution in [-0.2, 0) is 6.42 Å².